The summed E-state index contributed by atoms with van der Waals surface area (Å²) in [5, 5.41) is 0. The zero-order valence-corrected chi connectivity index (χ0v) is 18.7. The Hall–Kier alpha value is -2.18. The molecule has 6 heteroatoms. The minimum Gasteiger partial charge on any atom is -0.423 e. The third kappa shape index (κ3) is 4.93. The summed E-state index contributed by atoms with van der Waals surface area (Å²) in [7, 11) is 0. The van der Waals surface area contributed by atoms with Gasteiger partial charge < -0.3 is 18.9 Å². The molecule has 0 aromatic heterocycles. The Balaban J connectivity index is 1.73. The first kappa shape index (κ1) is 22.5. The maximum absolute atomic E-state index is 11.5. The van der Waals surface area contributed by atoms with Crippen molar-refractivity contribution in [1.82, 2.24) is 0 Å². The van der Waals surface area contributed by atoms with E-state index in [2.05, 4.69) is 34.3 Å². The Morgan fingerprint density at radius 3 is 2.23 bits per heavy atom. The summed E-state index contributed by atoms with van der Waals surface area (Å²) in [6.07, 6.45) is 4.98. The van der Waals surface area contributed by atoms with Gasteiger partial charge in [0.2, 0.25) is 0 Å². The van der Waals surface area contributed by atoms with Crippen molar-refractivity contribution in [3.05, 3.63) is 36.4 Å². The summed E-state index contributed by atoms with van der Waals surface area (Å²) in [5.74, 6) is -0.528. The highest BCUT2D eigenvalue weighted by atomic mass is 16.6. The highest BCUT2D eigenvalue weighted by molar-refractivity contribution is 5.73. The number of hydrogen-bond acceptors (Lipinski definition) is 6. The lowest BCUT2D eigenvalue weighted by Crippen LogP contribution is -2.24. The Kier molecular flexibility index (Phi) is 5.87. The fourth-order valence-corrected chi connectivity index (χ4v) is 3.97. The van der Waals surface area contributed by atoms with Crippen molar-refractivity contribution in [3.8, 4) is 11.5 Å². The molecule has 6 nitrogen and oxygen atoms in total. The number of carbonyl (C=O) groups excluding carboxylic acids is 2. The molecule has 4 unspecified atom stereocenters. The first-order chi connectivity index (χ1) is 13.9. The van der Waals surface area contributed by atoms with Crippen LogP contribution in [0, 0.1) is 0 Å². The molecule has 2 aliphatic rings. The van der Waals surface area contributed by atoms with Gasteiger partial charge in [0, 0.05) is 19.3 Å². The SMILES string of the molecule is C=CC(C)(CC1OC1(C)CCC1OC1(C)C)c1ccc(OC(C)=O)c(OC(C)=O)c1. The summed E-state index contributed by atoms with van der Waals surface area (Å²) in [6, 6.07) is 5.26. The lowest BCUT2D eigenvalue weighted by Gasteiger charge is -2.27. The van der Waals surface area contributed by atoms with E-state index >= 15 is 0 Å². The van der Waals surface area contributed by atoms with Crippen LogP contribution in [-0.2, 0) is 24.5 Å². The van der Waals surface area contributed by atoms with Gasteiger partial charge in [0.15, 0.2) is 11.5 Å². The number of ether oxygens (including phenoxy) is 4. The molecule has 0 bridgehead atoms. The molecule has 4 atom stereocenters. The Morgan fingerprint density at radius 1 is 1.10 bits per heavy atom. The standard InChI is InChI=1S/C24H32O6/c1-8-23(6,14-21-24(7,30-21)12-11-20-22(4,5)29-20)17-9-10-18(27-15(2)25)19(13-17)28-16(3)26/h8-10,13,20-21H,1,11-12,14H2,2-7H3. The van der Waals surface area contributed by atoms with E-state index in [1.165, 1.54) is 13.8 Å². The number of allylic oxidation sites excluding steroid dienone is 1. The van der Waals surface area contributed by atoms with Crippen molar-refractivity contribution in [2.75, 3.05) is 0 Å². The average Bonchev–Trinajstić information content (AvgIpc) is 3.48. The third-order valence-electron chi connectivity index (χ3n) is 6.27. The van der Waals surface area contributed by atoms with Crippen LogP contribution in [0.5, 0.6) is 11.5 Å². The monoisotopic (exact) mass is 416 g/mol. The topological polar surface area (TPSA) is 77.7 Å². The van der Waals surface area contributed by atoms with E-state index in [-0.39, 0.29) is 28.8 Å². The minimum atomic E-state index is -0.482. The second-order valence-electron chi connectivity index (χ2n) is 9.34. The smallest absolute Gasteiger partial charge is 0.308 e. The molecule has 30 heavy (non-hydrogen) atoms. The van der Waals surface area contributed by atoms with Gasteiger partial charge in [-0.25, -0.2) is 0 Å². The van der Waals surface area contributed by atoms with Gasteiger partial charge in [-0.15, -0.1) is 6.58 Å². The zero-order valence-electron chi connectivity index (χ0n) is 18.7. The van der Waals surface area contributed by atoms with E-state index in [0.717, 1.165) is 24.8 Å². The highest BCUT2D eigenvalue weighted by Gasteiger charge is 2.56. The lowest BCUT2D eigenvalue weighted by molar-refractivity contribution is -0.134. The van der Waals surface area contributed by atoms with Gasteiger partial charge in [-0.2, -0.15) is 0 Å². The van der Waals surface area contributed by atoms with Crippen LogP contribution in [-0.4, -0.2) is 35.3 Å². The van der Waals surface area contributed by atoms with Crippen molar-refractivity contribution in [2.24, 2.45) is 0 Å². The predicted molar refractivity (Wildman–Crippen MR) is 113 cm³/mol. The molecule has 0 saturated carbocycles. The normalized spacial score (nSPS) is 28.2. The summed E-state index contributed by atoms with van der Waals surface area (Å²) >= 11 is 0. The van der Waals surface area contributed by atoms with Gasteiger partial charge in [-0.3, -0.25) is 9.59 Å². The van der Waals surface area contributed by atoms with Crippen LogP contribution in [0.2, 0.25) is 0 Å². The minimum absolute atomic E-state index is 0.00677. The van der Waals surface area contributed by atoms with Crippen LogP contribution in [0.25, 0.3) is 0 Å². The maximum Gasteiger partial charge on any atom is 0.308 e. The van der Waals surface area contributed by atoms with Crippen LogP contribution >= 0.6 is 0 Å². The molecular weight excluding hydrogens is 384 g/mol. The summed E-state index contributed by atoms with van der Waals surface area (Å²) in [6.45, 7) is 15.1. The summed E-state index contributed by atoms with van der Waals surface area (Å²) < 4.78 is 22.2. The molecule has 0 amide bonds. The van der Waals surface area contributed by atoms with Gasteiger partial charge in [0.25, 0.3) is 0 Å². The highest BCUT2D eigenvalue weighted by Crippen LogP contribution is 2.50. The molecular formula is C24H32O6. The van der Waals surface area contributed by atoms with Gasteiger partial charge in [0.05, 0.1) is 23.4 Å². The first-order valence-corrected chi connectivity index (χ1v) is 10.4. The Morgan fingerprint density at radius 2 is 1.70 bits per heavy atom. The quantitative estimate of drug-likeness (QED) is 0.256. The van der Waals surface area contributed by atoms with Gasteiger partial charge >= 0.3 is 11.9 Å². The first-order valence-electron chi connectivity index (χ1n) is 10.4. The van der Waals surface area contributed by atoms with E-state index in [1.54, 1.807) is 12.1 Å². The largest absolute Gasteiger partial charge is 0.423 e. The Bertz CT molecular complexity index is 859. The zero-order chi connectivity index (χ0) is 22.3. The van der Waals surface area contributed by atoms with Crippen LogP contribution in [0.4, 0.5) is 0 Å². The van der Waals surface area contributed by atoms with Crippen LogP contribution in [0.1, 0.15) is 66.4 Å². The molecule has 164 valence electrons. The Labute approximate surface area is 178 Å². The number of hydrogen-bond donors (Lipinski definition) is 0. The van der Waals surface area contributed by atoms with E-state index in [1.807, 2.05) is 12.1 Å². The van der Waals surface area contributed by atoms with E-state index < -0.39 is 17.4 Å². The van der Waals surface area contributed by atoms with Gasteiger partial charge in [-0.1, -0.05) is 19.1 Å². The second kappa shape index (κ2) is 7.82. The lowest BCUT2D eigenvalue weighted by atomic mass is 9.76. The molecule has 3 rings (SSSR count). The molecule has 0 aliphatic carbocycles. The van der Waals surface area contributed by atoms with Crippen LogP contribution in [0.3, 0.4) is 0 Å². The molecule has 1 aromatic rings. The van der Waals surface area contributed by atoms with Crippen molar-refractivity contribution >= 4 is 11.9 Å². The fraction of sp³-hybridized carbons (Fsp3) is 0.583. The third-order valence-corrected chi connectivity index (χ3v) is 6.27. The van der Waals surface area contributed by atoms with E-state index in [9.17, 15) is 9.59 Å². The van der Waals surface area contributed by atoms with Crippen molar-refractivity contribution in [3.63, 3.8) is 0 Å². The number of esters is 2. The predicted octanol–water partition coefficient (Wildman–Crippen LogP) is 4.49. The van der Waals surface area contributed by atoms with E-state index in [0.29, 0.717) is 6.10 Å². The molecule has 0 spiro atoms. The van der Waals surface area contributed by atoms with Crippen molar-refractivity contribution < 1.29 is 28.5 Å². The number of benzene rings is 1. The van der Waals surface area contributed by atoms with E-state index in [4.69, 9.17) is 18.9 Å². The molecule has 2 heterocycles. The molecule has 0 N–H and O–H groups in total. The van der Waals surface area contributed by atoms with Crippen LogP contribution in [0.15, 0.2) is 30.9 Å². The maximum atomic E-state index is 11.5. The van der Waals surface area contributed by atoms with Gasteiger partial charge in [-0.05, 0) is 57.7 Å². The number of rotatable bonds is 9. The molecule has 1 aromatic carbocycles. The van der Waals surface area contributed by atoms with Gasteiger partial charge in [0.1, 0.15) is 0 Å². The summed E-state index contributed by atoms with van der Waals surface area (Å²) in [5.41, 5.74) is 0.339. The van der Waals surface area contributed by atoms with Crippen molar-refractivity contribution in [1.29, 1.82) is 0 Å². The molecule has 2 aliphatic heterocycles. The summed E-state index contributed by atoms with van der Waals surface area (Å²) in [4.78, 5) is 22.9. The fourth-order valence-electron chi connectivity index (χ4n) is 3.97. The van der Waals surface area contributed by atoms with Crippen molar-refractivity contribution in [2.45, 2.75) is 89.6 Å². The second-order valence-corrected chi connectivity index (χ2v) is 9.34. The molecule has 2 fully saturated rings. The molecule has 0 radical (unpaired) electrons. The average molecular weight is 417 g/mol. The number of epoxide rings is 2. The number of carbonyl (C=O) groups is 2. The van der Waals surface area contributed by atoms with Crippen LogP contribution < -0.4 is 9.47 Å². The molecule has 2 saturated heterocycles.